The number of anilines is 3. The first-order chi connectivity index (χ1) is 19.3. The van der Waals surface area contributed by atoms with Gasteiger partial charge in [0.15, 0.2) is 0 Å². The number of benzene rings is 2. The van der Waals surface area contributed by atoms with Gasteiger partial charge in [0.25, 0.3) is 0 Å². The zero-order valence-corrected chi connectivity index (χ0v) is 22.4. The van der Waals surface area contributed by atoms with Crippen molar-refractivity contribution in [2.45, 2.75) is 38.5 Å². The van der Waals surface area contributed by atoms with Gasteiger partial charge in [-0.25, -0.2) is 9.97 Å². The van der Waals surface area contributed by atoms with Crippen LogP contribution in [0.25, 0.3) is 11.0 Å². The lowest BCUT2D eigenvalue weighted by Crippen LogP contribution is -2.52. The van der Waals surface area contributed by atoms with Gasteiger partial charge in [0.2, 0.25) is 5.95 Å². The van der Waals surface area contributed by atoms with Crippen molar-refractivity contribution in [3.8, 4) is 0 Å². The van der Waals surface area contributed by atoms with E-state index >= 15 is 0 Å². The van der Waals surface area contributed by atoms with Gasteiger partial charge in [0.05, 0.1) is 34.0 Å². The molecule has 1 fully saturated rings. The van der Waals surface area contributed by atoms with Crippen LogP contribution in [-0.4, -0.2) is 45.7 Å². The van der Waals surface area contributed by atoms with E-state index in [1.165, 1.54) is 12.1 Å². The molecule has 2 aromatic heterocycles. The normalized spacial score (nSPS) is 16.5. The van der Waals surface area contributed by atoms with Crippen molar-refractivity contribution in [2.24, 2.45) is 0 Å². The highest BCUT2D eigenvalue weighted by molar-refractivity contribution is 6.33. The van der Waals surface area contributed by atoms with Crippen molar-refractivity contribution in [3.63, 3.8) is 0 Å². The minimum absolute atomic E-state index is 0.00531. The van der Waals surface area contributed by atoms with E-state index in [9.17, 15) is 31.4 Å². The molecule has 0 aliphatic carbocycles. The first-order valence-electron chi connectivity index (χ1n) is 12.6. The molecule has 3 heterocycles. The molecule has 7 nitrogen and oxygen atoms in total. The Bertz CT molecular complexity index is 1540. The van der Waals surface area contributed by atoms with Gasteiger partial charge < -0.3 is 25.2 Å². The number of rotatable bonds is 6. The van der Waals surface area contributed by atoms with Gasteiger partial charge >= 0.3 is 12.4 Å². The van der Waals surface area contributed by atoms with E-state index in [2.05, 4.69) is 20.3 Å². The second kappa shape index (κ2) is 10.9. The van der Waals surface area contributed by atoms with Crippen LogP contribution in [0.2, 0.25) is 5.02 Å². The minimum atomic E-state index is -4.62. The van der Waals surface area contributed by atoms with E-state index in [0.29, 0.717) is 47.6 Å². The molecule has 0 saturated carbocycles. The van der Waals surface area contributed by atoms with Crippen molar-refractivity contribution in [1.29, 1.82) is 0 Å². The molecule has 0 bridgehead atoms. The minimum Gasteiger partial charge on any atom is -0.392 e. The van der Waals surface area contributed by atoms with Crippen molar-refractivity contribution >= 4 is 40.1 Å². The number of H-pyrrole nitrogens is 1. The monoisotopic (exact) mass is 598 g/mol. The standard InChI is InChI=1S/C27H25ClF6N6O/c1-15-13-39(24-20(28)8-17(14-41)12-36-24)6-7-40(15)25-37-22-10-19(27(32,33)34)9-21(23(22)38-25)35-11-16-2-4-18(5-3-16)26(29,30)31/h2-5,8-10,12,15,35,41H,6-7,11,13-14H2,1H3,(H,37,38)/t15-/m1/s1. The van der Waals surface area contributed by atoms with Crippen molar-refractivity contribution in [3.05, 3.63) is 75.9 Å². The van der Waals surface area contributed by atoms with Gasteiger partial charge in [-0.1, -0.05) is 23.7 Å². The molecule has 1 saturated heterocycles. The van der Waals surface area contributed by atoms with Crippen LogP contribution in [0.3, 0.4) is 0 Å². The smallest absolute Gasteiger partial charge is 0.392 e. The van der Waals surface area contributed by atoms with Crippen LogP contribution < -0.4 is 15.1 Å². The van der Waals surface area contributed by atoms with Crippen LogP contribution in [0, 0.1) is 0 Å². The molecular formula is C27H25ClF6N6O. The molecule has 0 amide bonds. The highest BCUT2D eigenvalue weighted by Crippen LogP contribution is 2.37. The van der Waals surface area contributed by atoms with Gasteiger partial charge in [0.1, 0.15) is 11.3 Å². The lowest BCUT2D eigenvalue weighted by Gasteiger charge is -2.40. The first kappa shape index (κ1) is 28.8. The summed E-state index contributed by atoms with van der Waals surface area (Å²) in [6, 6.07) is 7.87. The number of aliphatic hydroxyl groups is 1. The maximum Gasteiger partial charge on any atom is 0.416 e. The summed E-state index contributed by atoms with van der Waals surface area (Å²) in [6.45, 7) is 3.26. The van der Waals surface area contributed by atoms with E-state index in [4.69, 9.17) is 11.6 Å². The Hall–Kier alpha value is -3.71. The topological polar surface area (TPSA) is 80.3 Å². The van der Waals surface area contributed by atoms with Crippen LogP contribution in [0.4, 0.5) is 43.8 Å². The number of piperazine rings is 1. The highest BCUT2D eigenvalue weighted by Gasteiger charge is 2.33. The third-order valence-electron chi connectivity index (χ3n) is 6.93. The fourth-order valence-electron chi connectivity index (χ4n) is 4.80. The average molecular weight is 599 g/mol. The maximum absolute atomic E-state index is 13.7. The molecule has 5 rings (SSSR count). The number of alkyl halides is 6. The lowest BCUT2D eigenvalue weighted by molar-refractivity contribution is -0.138. The predicted octanol–water partition coefficient (Wildman–Crippen LogP) is 6.47. The van der Waals surface area contributed by atoms with Gasteiger partial charge in [-0.05, 0) is 48.4 Å². The van der Waals surface area contributed by atoms with Gasteiger partial charge in [-0.15, -0.1) is 0 Å². The number of fused-ring (bicyclic) bond motifs is 1. The molecule has 4 aromatic rings. The summed E-state index contributed by atoms with van der Waals surface area (Å²) in [7, 11) is 0. The number of pyridine rings is 1. The number of nitrogens with one attached hydrogen (secondary N) is 2. The Labute approximate surface area is 235 Å². The SMILES string of the molecule is C[C@@H]1CN(c2ncc(CO)cc2Cl)CCN1c1nc2c(NCc3ccc(C(F)(F)F)cc3)cc(C(F)(F)F)cc2[nH]1. The Balaban J connectivity index is 1.39. The summed E-state index contributed by atoms with van der Waals surface area (Å²) in [5.74, 6) is 0.961. The summed E-state index contributed by atoms with van der Waals surface area (Å²) in [6.07, 6.45) is -7.56. The predicted molar refractivity (Wildman–Crippen MR) is 144 cm³/mol. The maximum atomic E-state index is 13.7. The fourth-order valence-corrected chi connectivity index (χ4v) is 5.11. The van der Waals surface area contributed by atoms with E-state index < -0.39 is 23.5 Å². The average Bonchev–Trinajstić information content (AvgIpc) is 3.35. The van der Waals surface area contributed by atoms with Crippen molar-refractivity contribution in [2.75, 3.05) is 34.8 Å². The van der Waals surface area contributed by atoms with E-state index in [1.807, 2.05) is 16.7 Å². The molecule has 1 aliphatic rings. The molecule has 3 N–H and O–H groups in total. The zero-order valence-electron chi connectivity index (χ0n) is 21.6. The number of aromatic amines is 1. The summed E-state index contributed by atoms with van der Waals surface area (Å²) >= 11 is 6.37. The second-order valence-electron chi connectivity index (χ2n) is 9.82. The second-order valence-corrected chi connectivity index (χ2v) is 10.2. The van der Waals surface area contributed by atoms with Crippen LogP contribution >= 0.6 is 11.6 Å². The van der Waals surface area contributed by atoms with Gasteiger partial charge in [-0.2, -0.15) is 26.3 Å². The van der Waals surface area contributed by atoms with Crippen LogP contribution in [-0.2, 0) is 25.5 Å². The molecule has 0 spiro atoms. The quantitative estimate of drug-likeness (QED) is 0.221. The molecule has 218 valence electrons. The van der Waals surface area contributed by atoms with Crippen LogP contribution in [0.5, 0.6) is 0 Å². The molecule has 2 aromatic carbocycles. The van der Waals surface area contributed by atoms with E-state index in [-0.39, 0.29) is 35.9 Å². The summed E-state index contributed by atoms with van der Waals surface area (Å²) < 4.78 is 79.8. The number of nitrogens with zero attached hydrogens (tertiary/aromatic N) is 4. The third kappa shape index (κ3) is 6.15. The Morgan fingerprint density at radius 2 is 1.71 bits per heavy atom. The largest absolute Gasteiger partial charge is 0.416 e. The number of hydrogen-bond acceptors (Lipinski definition) is 6. The Morgan fingerprint density at radius 3 is 2.32 bits per heavy atom. The zero-order chi connectivity index (χ0) is 29.5. The first-order valence-corrected chi connectivity index (χ1v) is 13.0. The number of halogens is 7. The Morgan fingerprint density at radius 1 is 1.00 bits per heavy atom. The number of aliphatic hydroxyl groups excluding tert-OH is 1. The van der Waals surface area contributed by atoms with E-state index in [0.717, 1.165) is 24.3 Å². The summed E-state index contributed by atoms with van der Waals surface area (Å²) in [4.78, 5) is 15.9. The molecule has 0 radical (unpaired) electrons. The Kier molecular flexibility index (Phi) is 7.68. The van der Waals surface area contributed by atoms with Crippen LogP contribution in [0.1, 0.15) is 29.2 Å². The summed E-state index contributed by atoms with van der Waals surface area (Å²) in [5.41, 5.74) is -0.0999. The molecular weight excluding hydrogens is 574 g/mol. The van der Waals surface area contributed by atoms with E-state index in [1.54, 1.807) is 12.3 Å². The van der Waals surface area contributed by atoms with Crippen molar-refractivity contribution < 1.29 is 31.4 Å². The molecule has 14 heteroatoms. The highest BCUT2D eigenvalue weighted by atomic mass is 35.5. The van der Waals surface area contributed by atoms with Gasteiger partial charge in [0, 0.05) is 38.4 Å². The molecule has 41 heavy (non-hydrogen) atoms. The molecule has 0 unspecified atom stereocenters. The fraction of sp³-hybridized carbons (Fsp3) is 0.333. The van der Waals surface area contributed by atoms with Crippen LogP contribution in [0.15, 0.2) is 48.7 Å². The third-order valence-corrected chi connectivity index (χ3v) is 7.20. The molecule has 1 atom stereocenters. The summed E-state index contributed by atoms with van der Waals surface area (Å²) in [5, 5.41) is 12.6. The number of hydrogen-bond donors (Lipinski definition) is 3. The number of aromatic nitrogens is 3. The van der Waals surface area contributed by atoms with Gasteiger partial charge in [-0.3, -0.25) is 0 Å². The lowest BCUT2D eigenvalue weighted by atomic mass is 10.1. The number of imidazole rings is 1. The molecule has 1 aliphatic heterocycles. The van der Waals surface area contributed by atoms with Crippen molar-refractivity contribution in [1.82, 2.24) is 15.0 Å².